The number of halogens is 3. The van der Waals surface area contributed by atoms with Crippen LogP contribution in [-0.2, 0) is 9.53 Å². The Hall–Kier alpha value is -0.380. The molecule has 5 heteroatoms. The van der Waals surface area contributed by atoms with Crippen molar-refractivity contribution in [2.75, 3.05) is 7.11 Å². The highest BCUT2D eigenvalue weighted by Crippen LogP contribution is 2.08. The standard InChI is InChI=1S/C4H5ClF2O2/c1-9-4(8)2(6)3(5)7/h2-3H,1H3. The molecule has 0 bridgehead atoms. The van der Waals surface area contributed by atoms with Gasteiger partial charge in [0.2, 0.25) is 11.8 Å². The highest BCUT2D eigenvalue weighted by Gasteiger charge is 2.26. The van der Waals surface area contributed by atoms with Crippen LogP contribution in [0.5, 0.6) is 0 Å². The molecule has 2 unspecified atom stereocenters. The fraction of sp³-hybridized carbons (Fsp3) is 0.750. The minimum atomic E-state index is -2.38. The number of methoxy groups -OCH3 is 1. The monoisotopic (exact) mass is 158 g/mol. The van der Waals surface area contributed by atoms with Crippen molar-refractivity contribution in [2.24, 2.45) is 0 Å². The van der Waals surface area contributed by atoms with Gasteiger partial charge in [-0.3, -0.25) is 0 Å². The molecule has 2 nitrogen and oxygen atoms in total. The zero-order valence-corrected chi connectivity index (χ0v) is 5.36. The number of carbonyl (C=O) groups excluding carboxylic acids is 1. The van der Waals surface area contributed by atoms with Crippen molar-refractivity contribution in [3.8, 4) is 0 Å². The fourth-order valence-electron chi connectivity index (χ4n) is 0.215. The van der Waals surface area contributed by atoms with Gasteiger partial charge in [0.25, 0.3) is 0 Å². The van der Waals surface area contributed by atoms with Crippen molar-refractivity contribution in [3.05, 3.63) is 0 Å². The molecule has 0 aromatic heterocycles. The summed E-state index contributed by atoms with van der Waals surface area (Å²) in [5, 5.41) is 0. The summed E-state index contributed by atoms with van der Waals surface area (Å²) in [6.45, 7) is 0. The molecule has 9 heavy (non-hydrogen) atoms. The highest BCUT2D eigenvalue weighted by molar-refractivity contribution is 6.21. The lowest BCUT2D eigenvalue weighted by Crippen LogP contribution is -2.23. The molecule has 0 amide bonds. The summed E-state index contributed by atoms with van der Waals surface area (Å²) >= 11 is 4.56. The molecule has 0 saturated carbocycles. The minimum Gasteiger partial charge on any atom is -0.467 e. The van der Waals surface area contributed by atoms with Gasteiger partial charge >= 0.3 is 5.97 Å². The van der Waals surface area contributed by atoms with Crippen LogP contribution in [0.1, 0.15) is 0 Å². The molecular weight excluding hydrogens is 153 g/mol. The fourth-order valence-corrected chi connectivity index (χ4v) is 0.318. The summed E-state index contributed by atoms with van der Waals surface area (Å²) in [5.41, 5.74) is -2.32. The molecule has 0 N–H and O–H groups in total. The van der Waals surface area contributed by atoms with Gasteiger partial charge in [0.1, 0.15) is 0 Å². The Morgan fingerprint density at radius 1 is 1.67 bits per heavy atom. The summed E-state index contributed by atoms with van der Waals surface area (Å²) in [6.07, 6.45) is -2.38. The number of esters is 1. The van der Waals surface area contributed by atoms with Gasteiger partial charge in [0.05, 0.1) is 7.11 Å². The van der Waals surface area contributed by atoms with E-state index in [9.17, 15) is 13.6 Å². The van der Waals surface area contributed by atoms with E-state index in [1.807, 2.05) is 0 Å². The van der Waals surface area contributed by atoms with Gasteiger partial charge in [-0.15, -0.1) is 0 Å². The second-order valence-electron chi connectivity index (χ2n) is 1.26. The molecule has 0 heterocycles. The normalized spacial score (nSPS) is 16.4. The van der Waals surface area contributed by atoms with Gasteiger partial charge in [0.15, 0.2) is 0 Å². The lowest BCUT2D eigenvalue weighted by atomic mass is 10.4. The third kappa shape index (κ3) is 2.60. The van der Waals surface area contributed by atoms with Crippen LogP contribution in [0, 0.1) is 0 Å². The van der Waals surface area contributed by atoms with E-state index < -0.39 is 17.8 Å². The smallest absolute Gasteiger partial charge is 0.344 e. The highest BCUT2D eigenvalue weighted by atomic mass is 35.5. The van der Waals surface area contributed by atoms with Crippen LogP contribution in [0.3, 0.4) is 0 Å². The van der Waals surface area contributed by atoms with E-state index in [4.69, 9.17) is 0 Å². The SMILES string of the molecule is COC(=O)C(F)C(F)Cl. The first-order valence-corrected chi connectivity index (χ1v) is 2.53. The molecule has 0 radical (unpaired) electrons. The van der Waals surface area contributed by atoms with E-state index in [-0.39, 0.29) is 0 Å². The largest absolute Gasteiger partial charge is 0.467 e. The number of rotatable bonds is 2. The zero-order chi connectivity index (χ0) is 7.44. The molecule has 0 aliphatic heterocycles. The van der Waals surface area contributed by atoms with E-state index in [0.29, 0.717) is 0 Å². The van der Waals surface area contributed by atoms with Crippen LogP contribution >= 0.6 is 11.6 Å². The molecule has 0 rings (SSSR count). The molecule has 0 saturated heterocycles. The zero-order valence-electron chi connectivity index (χ0n) is 4.61. The molecule has 54 valence electrons. The van der Waals surface area contributed by atoms with Gasteiger partial charge in [0, 0.05) is 0 Å². The predicted octanol–water partition coefficient (Wildman–Crippen LogP) is 1.03. The second-order valence-corrected chi connectivity index (χ2v) is 1.68. The first-order valence-electron chi connectivity index (χ1n) is 2.09. The van der Waals surface area contributed by atoms with Gasteiger partial charge in [-0.25, -0.2) is 13.6 Å². The Morgan fingerprint density at radius 3 is 2.22 bits per heavy atom. The first-order chi connectivity index (χ1) is 4.09. The maximum atomic E-state index is 11.9. The van der Waals surface area contributed by atoms with E-state index >= 15 is 0 Å². The molecule has 0 spiro atoms. The van der Waals surface area contributed by atoms with Crippen LogP contribution in [0.15, 0.2) is 0 Å². The van der Waals surface area contributed by atoms with Crippen LogP contribution in [0.25, 0.3) is 0 Å². The summed E-state index contributed by atoms with van der Waals surface area (Å²) < 4.78 is 27.4. The van der Waals surface area contributed by atoms with Crippen molar-refractivity contribution in [3.63, 3.8) is 0 Å². The summed E-state index contributed by atoms with van der Waals surface area (Å²) in [4.78, 5) is 10.0. The third-order valence-electron chi connectivity index (χ3n) is 0.648. The predicted molar refractivity (Wildman–Crippen MR) is 27.7 cm³/mol. The van der Waals surface area contributed by atoms with E-state index in [1.165, 1.54) is 0 Å². The lowest BCUT2D eigenvalue weighted by molar-refractivity contribution is -0.147. The summed E-state index contributed by atoms with van der Waals surface area (Å²) in [5.74, 6) is -1.29. The molecule has 0 fully saturated rings. The van der Waals surface area contributed by atoms with E-state index in [1.54, 1.807) is 0 Å². The Labute approximate surface area is 55.7 Å². The van der Waals surface area contributed by atoms with Crippen molar-refractivity contribution >= 4 is 17.6 Å². The average molecular weight is 159 g/mol. The molecule has 0 aromatic rings. The topological polar surface area (TPSA) is 26.3 Å². The molecule has 2 atom stereocenters. The van der Waals surface area contributed by atoms with Crippen LogP contribution in [0.2, 0.25) is 0 Å². The maximum Gasteiger partial charge on any atom is 0.344 e. The Kier molecular flexibility index (Phi) is 3.46. The van der Waals surface area contributed by atoms with Gasteiger partial charge < -0.3 is 4.74 Å². The summed E-state index contributed by atoms with van der Waals surface area (Å²) in [7, 11) is 0.953. The van der Waals surface area contributed by atoms with Gasteiger partial charge in [-0.1, -0.05) is 11.6 Å². The number of hydrogen-bond acceptors (Lipinski definition) is 2. The molecule has 0 aliphatic rings. The van der Waals surface area contributed by atoms with Crippen LogP contribution < -0.4 is 0 Å². The quantitative estimate of drug-likeness (QED) is 0.443. The molecular formula is C4H5ClF2O2. The number of alkyl halides is 3. The van der Waals surface area contributed by atoms with Crippen molar-refractivity contribution in [1.29, 1.82) is 0 Å². The van der Waals surface area contributed by atoms with Crippen molar-refractivity contribution < 1.29 is 18.3 Å². The van der Waals surface area contributed by atoms with E-state index in [0.717, 1.165) is 7.11 Å². The Morgan fingerprint density at radius 2 is 2.11 bits per heavy atom. The molecule has 0 aromatic carbocycles. The Bertz CT molecular complexity index is 107. The number of carbonyl (C=O) groups is 1. The first kappa shape index (κ1) is 8.62. The Balaban J connectivity index is 3.72. The molecule has 0 aliphatic carbocycles. The van der Waals surface area contributed by atoms with Gasteiger partial charge in [-0.05, 0) is 0 Å². The minimum absolute atomic E-state index is 0.953. The number of ether oxygens (including phenoxy) is 1. The third-order valence-corrected chi connectivity index (χ3v) is 0.869. The van der Waals surface area contributed by atoms with Gasteiger partial charge in [-0.2, -0.15) is 0 Å². The van der Waals surface area contributed by atoms with Crippen molar-refractivity contribution in [2.45, 2.75) is 11.8 Å². The second kappa shape index (κ2) is 3.61. The maximum absolute atomic E-state index is 11.9. The van der Waals surface area contributed by atoms with Crippen molar-refractivity contribution in [1.82, 2.24) is 0 Å². The van der Waals surface area contributed by atoms with Crippen LogP contribution in [0.4, 0.5) is 8.78 Å². The average Bonchev–Trinajstić information content (AvgIpc) is 1.84. The summed E-state index contributed by atoms with van der Waals surface area (Å²) in [6, 6.07) is 0. The lowest BCUT2D eigenvalue weighted by Gasteiger charge is -2.02. The van der Waals surface area contributed by atoms with Crippen LogP contribution in [-0.4, -0.2) is 24.9 Å². The van der Waals surface area contributed by atoms with E-state index in [2.05, 4.69) is 16.3 Å². The number of hydrogen-bond donors (Lipinski definition) is 0.